The van der Waals surface area contributed by atoms with Crippen LogP contribution in [-0.4, -0.2) is 40.3 Å². The summed E-state index contributed by atoms with van der Waals surface area (Å²) in [7, 11) is 0. The number of benzene rings is 1. The van der Waals surface area contributed by atoms with Crippen LogP contribution in [0.25, 0.3) is 0 Å². The summed E-state index contributed by atoms with van der Waals surface area (Å²) in [6, 6.07) is 7.98. The van der Waals surface area contributed by atoms with Crippen molar-refractivity contribution in [1.29, 1.82) is 0 Å². The van der Waals surface area contributed by atoms with Gasteiger partial charge in [0.15, 0.2) is 0 Å². The van der Waals surface area contributed by atoms with Crippen LogP contribution in [0.4, 0.5) is 13.2 Å². The molecule has 23 heavy (non-hydrogen) atoms. The Balaban J connectivity index is 0.000000585. The van der Waals surface area contributed by atoms with E-state index in [9.17, 15) is 22.8 Å². The van der Waals surface area contributed by atoms with Gasteiger partial charge in [-0.1, -0.05) is 30.3 Å². The Morgan fingerprint density at radius 2 is 1.61 bits per heavy atom. The molecule has 1 atom stereocenters. The van der Waals surface area contributed by atoms with Gasteiger partial charge in [0, 0.05) is 0 Å². The number of hydrogen-bond acceptors (Lipinski definition) is 5. The van der Waals surface area contributed by atoms with E-state index in [1.165, 1.54) is 0 Å². The highest BCUT2D eigenvalue weighted by atomic mass is 19.4. The minimum Gasteiger partial charge on any atom is -0.481 e. The molecule has 0 spiro atoms. The largest absolute Gasteiger partial charge is 0.490 e. The topological polar surface area (TPSA) is 127 Å². The monoisotopic (exact) mass is 337 g/mol. The van der Waals surface area contributed by atoms with E-state index in [0.29, 0.717) is 0 Å². The molecule has 0 fully saturated rings. The van der Waals surface area contributed by atoms with Crippen molar-refractivity contribution in [3.63, 3.8) is 0 Å². The fourth-order valence-electron chi connectivity index (χ4n) is 1.11. The number of alkyl halides is 3. The third kappa shape index (κ3) is 9.85. The van der Waals surface area contributed by atoms with Gasteiger partial charge in [-0.05, 0) is 5.56 Å². The van der Waals surface area contributed by atoms with Gasteiger partial charge in [0.05, 0.1) is 6.42 Å². The van der Waals surface area contributed by atoms with Crippen LogP contribution >= 0.6 is 0 Å². The van der Waals surface area contributed by atoms with Gasteiger partial charge in [-0.15, -0.1) is 0 Å². The predicted molar refractivity (Wildman–Crippen MR) is 70.2 cm³/mol. The smallest absolute Gasteiger partial charge is 0.481 e. The maximum Gasteiger partial charge on any atom is 0.490 e. The summed E-state index contributed by atoms with van der Waals surface area (Å²) in [5, 5.41) is 15.6. The number of carbonyl (C=O) groups is 3. The lowest BCUT2D eigenvalue weighted by Crippen LogP contribution is -2.34. The highest BCUT2D eigenvalue weighted by molar-refractivity contribution is 5.81. The second kappa shape index (κ2) is 9.41. The number of aliphatic carboxylic acids is 2. The first-order valence-electron chi connectivity index (χ1n) is 6.02. The van der Waals surface area contributed by atoms with Crippen molar-refractivity contribution in [1.82, 2.24) is 0 Å². The lowest BCUT2D eigenvalue weighted by molar-refractivity contribution is -0.192. The lowest BCUT2D eigenvalue weighted by Gasteiger charge is -2.09. The average Bonchev–Trinajstić information content (AvgIpc) is 2.44. The van der Waals surface area contributed by atoms with Crippen LogP contribution in [0.2, 0.25) is 0 Å². The quantitative estimate of drug-likeness (QED) is 0.688. The number of rotatable bonds is 5. The van der Waals surface area contributed by atoms with E-state index in [1.54, 1.807) is 12.1 Å². The number of ether oxygens (including phenoxy) is 1. The minimum absolute atomic E-state index is 0.104. The fourth-order valence-corrected chi connectivity index (χ4v) is 1.11. The van der Waals surface area contributed by atoms with Crippen LogP contribution in [0.5, 0.6) is 0 Å². The van der Waals surface area contributed by atoms with Gasteiger partial charge in [-0.25, -0.2) is 4.79 Å². The Kier molecular flexibility index (Phi) is 8.34. The molecule has 0 aromatic heterocycles. The summed E-state index contributed by atoms with van der Waals surface area (Å²) in [5.41, 5.74) is 6.16. The Hall–Kier alpha value is -2.62. The van der Waals surface area contributed by atoms with Crippen LogP contribution in [-0.2, 0) is 25.7 Å². The van der Waals surface area contributed by atoms with E-state index >= 15 is 0 Å². The summed E-state index contributed by atoms with van der Waals surface area (Å²) in [6.45, 7) is 0.104. The molecule has 128 valence electrons. The fraction of sp³-hybridized carbons (Fsp3) is 0.308. The summed E-state index contributed by atoms with van der Waals surface area (Å²) in [6.07, 6.45) is -5.51. The van der Waals surface area contributed by atoms with Gasteiger partial charge in [0.2, 0.25) is 0 Å². The molecule has 0 saturated carbocycles. The van der Waals surface area contributed by atoms with Crippen molar-refractivity contribution in [2.75, 3.05) is 0 Å². The number of nitrogens with two attached hydrogens (primary N) is 1. The zero-order chi connectivity index (χ0) is 18.0. The van der Waals surface area contributed by atoms with Crippen molar-refractivity contribution >= 4 is 17.9 Å². The van der Waals surface area contributed by atoms with Crippen LogP contribution in [0, 0.1) is 0 Å². The zero-order valence-electron chi connectivity index (χ0n) is 11.6. The summed E-state index contributed by atoms with van der Waals surface area (Å²) in [4.78, 5) is 30.4. The minimum atomic E-state index is -5.08. The number of halogens is 3. The van der Waals surface area contributed by atoms with Gasteiger partial charge in [-0.2, -0.15) is 13.2 Å². The lowest BCUT2D eigenvalue weighted by atomic mass is 10.2. The van der Waals surface area contributed by atoms with Gasteiger partial charge >= 0.3 is 24.1 Å². The predicted octanol–water partition coefficient (Wildman–Crippen LogP) is 1.17. The van der Waals surface area contributed by atoms with E-state index in [0.717, 1.165) is 5.56 Å². The summed E-state index contributed by atoms with van der Waals surface area (Å²) in [5.74, 6) is -4.58. The summed E-state index contributed by atoms with van der Waals surface area (Å²) < 4.78 is 36.6. The van der Waals surface area contributed by atoms with E-state index in [4.69, 9.17) is 25.5 Å². The van der Waals surface area contributed by atoms with Crippen molar-refractivity contribution in [2.45, 2.75) is 25.2 Å². The number of esters is 1. The van der Waals surface area contributed by atoms with E-state index < -0.39 is 36.5 Å². The van der Waals surface area contributed by atoms with Gasteiger partial charge in [0.1, 0.15) is 12.6 Å². The molecule has 0 aliphatic carbocycles. The molecule has 10 heteroatoms. The molecule has 0 saturated heterocycles. The molecule has 1 aromatic carbocycles. The molecule has 0 heterocycles. The number of carbonyl (C=O) groups excluding carboxylic acids is 1. The number of hydrogen-bond donors (Lipinski definition) is 3. The average molecular weight is 337 g/mol. The molecule has 0 bridgehead atoms. The molecular weight excluding hydrogens is 323 g/mol. The van der Waals surface area contributed by atoms with Crippen LogP contribution in [0.1, 0.15) is 12.0 Å². The third-order valence-electron chi connectivity index (χ3n) is 2.16. The molecular formula is C13H14F3NO6. The van der Waals surface area contributed by atoms with Crippen LogP contribution < -0.4 is 5.73 Å². The Morgan fingerprint density at radius 3 is 2.00 bits per heavy atom. The molecule has 0 aliphatic rings. The van der Waals surface area contributed by atoms with Crippen molar-refractivity contribution in [2.24, 2.45) is 5.73 Å². The highest BCUT2D eigenvalue weighted by Gasteiger charge is 2.38. The molecule has 0 amide bonds. The maximum atomic E-state index is 11.2. The van der Waals surface area contributed by atoms with E-state index in [-0.39, 0.29) is 6.61 Å². The first kappa shape index (κ1) is 20.4. The molecule has 0 unspecified atom stereocenters. The Labute approximate surface area is 128 Å². The maximum absolute atomic E-state index is 11.2. The van der Waals surface area contributed by atoms with Gasteiger partial charge < -0.3 is 20.7 Å². The number of carboxylic acid groups (broad SMARTS) is 2. The van der Waals surface area contributed by atoms with Crippen molar-refractivity contribution < 1.29 is 42.5 Å². The van der Waals surface area contributed by atoms with Gasteiger partial charge in [0.25, 0.3) is 0 Å². The molecule has 1 rings (SSSR count). The molecule has 1 aromatic rings. The number of carboxylic acids is 2. The first-order valence-corrected chi connectivity index (χ1v) is 6.02. The summed E-state index contributed by atoms with van der Waals surface area (Å²) >= 11 is 0. The SMILES string of the molecule is N[C@@H](CC(=O)O)C(=O)OCc1ccccc1.O=C(O)C(F)(F)F. The van der Waals surface area contributed by atoms with E-state index in [1.807, 2.05) is 18.2 Å². The van der Waals surface area contributed by atoms with Crippen molar-refractivity contribution in [3.05, 3.63) is 35.9 Å². The third-order valence-corrected chi connectivity index (χ3v) is 2.16. The molecule has 0 aliphatic heterocycles. The first-order chi connectivity index (χ1) is 10.5. The van der Waals surface area contributed by atoms with E-state index in [2.05, 4.69) is 0 Å². The standard InChI is InChI=1S/C11H13NO4.C2HF3O2/c12-9(6-10(13)14)11(15)16-7-8-4-2-1-3-5-8;3-2(4,5)1(6)7/h1-5,9H,6-7,12H2,(H,13,14);(H,6,7)/t9-;/m0./s1. The van der Waals surface area contributed by atoms with Gasteiger partial charge in [-0.3, -0.25) is 9.59 Å². The normalized spacial score (nSPS) is 11.7. The highest BCUT2D eigenvalue weighted by Crippen LogP contribution is 2.13. The molecule has 0 radical (unpaired) electrons. The second-order valence-electron chi connectivity index (χ2n) is 4.10. The van der Waals surface area contributed by atoms with Crippen molar-refractivity contribution in [3.8, 4) is 0 Å². The van der Waals surface area contributed by atoms with Crippen LogP contribution in [0.3, 0.4) is 0 Å². The second-order valence-corrected chi connectivity index (χ2v) is 4.10. The Bertz CT molecular complexity index is 532. The molecule has 4 N–H and O–H groups in total. The van der Waals surface area contributed by atoms with Crippen LogP contribution in [0.15, 0.2) is 30.3 Å². The molecule has 7 nitrogen and oxygen atoms in total. The Morgan fingerprint density at radius 1 is 1.13 bits per heavy atom. The zero-order valence-corrected chi connectivity index (χ0v) is 11.6.